The van der Waals surface area contributed by atoms with Crippen molar-refractivity contribution in [3.05, 3.63) is 24.3 Å². The van der Waals surface area contributed by atoms with E-state index in [9.17, 15) is 13.2 Å². The zero-order valence-corrected chi connectivity index (χ0v) is 17.3. The van der Waals surface area contributed by atoms with Crippen LogP contribution in [-0.4, -0.2) is 75.2 Å². The van der Waals surface area contributed by atoms with Gasteiger partial charge in [0, 0.05) is 32.8 Å². The highest BCUT2D eigenvalue weighted by Crippen LogP contribution is 2.21. The van der Waals surface area contributed by atoms with Gasteiger partial charge in [-0.25, -0.2) is 13.2 Å². The minimum absolute atomic E-state index is 0.0550. The topological polar surface area (TPSA) is 88.2 Å². The van der Waals surface area contributed by atoms with Crippen molar-refractivity contribution >= 4 is 16.1 Å². The summed E-state index contributed by atoms with van der Waals surface area (Å²) in [4.78, 5) is 14.4. The van der Waals surface area contributed by atoms with Crippen LogP contribution in [0.15, 0.2) is 29.2 Å². The SMILES string of the molecule is CCOc1ccc(S(=O)(=O)N2CCN(C(=O)NC(C)C3CCCO3)CC2)cc1. The molecule has 0 aromatic heterocycles. The van der Waals surface area contributed by atoms with E-state index in [2.05, 4.69) is 5.32 Å². The van der Waals surface area contributed by atoms with Gasteiger partial charge >= 0.3 is 6.03 Å². The van der Waals surface area contributed by atoms with Crippen LogP contribution in [0.25, 0.3) is 0 Å². The minimum atomic E-state index is -3.58. The van der Waals surface area contributed by atoms with Crippen LogP contribution < -0.4 is 10.1 Å². The first-order valence-electron chi connectivity index (χ1n) is 9.82. The third kappa shape index (κ3) is 4.76. The Bertz CT molecular complexity index is 754. The predicted molar refractivity (Wildman–Crippen MR) is 105 cm³/mol. The summed E-state index contributed by atoms with van der Waals surface area (Å²) < 4.78 is 38.1. The van der Waals surface area contributed by atoms with Crippen LogP contribution in [0.4, 0.5) is 4.79 Å². The molecule has 1 aromatic rings. The summed E-state index contributed by atoms with van der Waals surface area (Å²) in [5.41, 5.74) is 0. The highest BCUT2D eigenvalue weighted by atomic mass is 32.2. The number of carbonyl (C=O) groups excluding carboxylic acids is 1. The fourth-order valence-electron chi connectivity index (χ4n) is 3.53. The maximum Gasteiger partial charge on any atom is 0.317 e. The molecule has 1 aromatic carbocycles. The summed E-state index contributed by atoms with van der Waals surface area (Å²) in [5.74, 6) is 0.642. The first kappa shape index (κ1) is 20.9. The number of piperazine rings is 1. The van der Waals surface area contributed by atoms with Crippen LogP contribution in [0.1, 0.15) is 26.7 Å². The first-order chi connectivity index (χ1) is 13.4. The molecule has 1 N–H and O–H groups in total. The zero-order chi connectivity index (χ0) is 20.1. The quantitative estimate of drug-likeness (QED) is 0.769. The highest BCUT2D eigenvalue weighted by Gasteiger charge is 2.31. The lowest BCUT2D eigenvalue weighted by molar-refractivity contribution is 0.0821. The second kappa shape index (κ2) is 9.11. The molecule has 8 nitrogen and oxygen atoms in total. The van der Waals surface area contributed by atoms with Gasteiger partial charge in [-0.15, -0.1) is 0 Å². The number of carbonyl (C=O) groups is 1. The molecule has 0 radical (unpaired) electrons. The van der Waals surface area contributed by atoms with E-state index in [0.717, 1.165) is 19.4 Å². The van der Waals surface area contributed by atoms with E-state index in [4.69, 9.17) is 9.47 Å². The second-order valence-electron chi connectivity index (χ2n) is 7.09. The predicted octanol–water partition coefficient (Wildman–Crippen LogP) is 1.67. The Morgan fingerprint density at radius 1 is 1.25 bits per heavy atom. The molecule has 9 heteroatoms. The molecule has 2 atom stereocenters. The van der Waals surface area contributed by atoms with Crippen molar-refractivity contribution in [2.45, 2.75) is 43.7 Å². The number of rotatable bonds is 6. The average molecular weight is 412 g/mol. The average Bonchev–Trinajstić information content (AvgIpc) is 3.24. The van der Waals surface area contributed by atoms with Crippen LogP contribution in [-0.2, 0) is 14.8 Å². The molecular weight excluding hydrogens is 382 g/mol. The van der Waals surface area contributed by atoms with Gasteiger partial charge in [0.15, 0.2) is 0 Å². The number of hydrogen-bond donors (Lipinski definition) is 1. The molecule has 0 bridgehead atoms. The molecule has 0 saturated carbocycles. The van der Waals surface area contributed by atoms with E-state index in [-0.39, 0.29) is 36.2 Å². The number of nitrogens with one attached hydrogen (secondary N) is 1. The van der Waals surface area contributed by atoms with Crippen molar-refractivity contribution in [1.82, 2.24) is 14.5 Å². The van der Waals surface area contributed by atoms with Crippen molar-refractivity contribution < 1.29 is 22.7 Å². The van der Waals surface area contributed by atoms with Gasteiger partial charge in [0.2, 0.25) is 10.0 Å². The molecule has 2 fully saturated rings. The molecule has 2 amide bonds. The summed E-state index contributed by atoms with van der Waals surface area (Å²) in [6.07, 6.45) is 2.04. The summed E-state index contributed by atoms with van der Waals surface area (Å²) in [7, 11) is -3.58. The molecule has 2 unspecified atom stereocenters. The lowest BCUT2D eigenvalue weighted by Crippen LogP contribution is -2.55. The largest absolute Gasteiger partial charge is 0.494 e. The summed E-state index contributed by atoms with van der Waals surface area (Å²) in [5, 5.41) is 2.98. The summed E-state index contributed by atoms with van der Waals surface area (Å²) in [6.45, 7) is 6.37. The fourth-order valence-corrected chi connectivity index (χ4v) is 4.95. The van der Waals surface area contributed by atoms with E-state index in [1.807, 2.05) is 13.8 Å². The number of benzene rings is 1. The molecular formula is C19H29N3O5S. The monoisotopic (exact) mass is 411 g/mol. The summed E-state index contributed by atoms with van der Waals surface area (Å²) in [6, 6.07) is 6.21. The Morgan fingerprint density at radius 2 is 1.93 bits per heavy atom. The van der Waals surface area contributed by atoms with Gasteiger partial charge in [-0.2, -0.15) is 4.31 Å². The fraction of sp³-hybridized carbons (Fsp3) is 0.632. The number of urea groups is 1. The molecule has 2 saturated heterocycles. The van der Waals surface area contributed by atoms with Gasteiger partial charge in [-0.05, 0) is 51.0 Å². The van der Waals surface area contributed by atoms with E-state index in [1.54, 1.807) is 29.2 Å². The maximum absolute atomic E-state index is 12.8. The van der Waals surface area contributed by atoms with Gasteiger partial charge in [-0.3, -0.25) is 0 Å². The Labute approximate surface area is 166 Å². The lowest BCUT2D eigenvalue weighted by atomic mass is 10.1. The minimum Gasteiger partial charge on any atom is -0.494 e. The van der Waals surface area contributed by atoms with Crippen LogP contribution in [0.3, 0.4) is 0 Å². The van der Waals surface area contributed by atoms with E-state index >= 15 is 0 Å². The van der Waals surface area contributed by atoms with Crippen LogP contribution in [0, 0.1) is 0 Å². The van der Waals surface area contributed by atoms with E-state index < -0.39 is 10.0 Å². The van der Waals surface area contributed by atoms with Gasteiger partial charge in [0.05, 0.1) is 23.6 Å². The number of hydrogen-bond acceptors (Lipinski definition) is 5. The number of amides is 2. The molecule has 2 aliphatic rings. The van der Waals surface area contributed by atoms with Crippen LogP contribution in [0.2, 0.25) is 0 Å². The third-order valence-corrected chi connectivity index (χ3v) is 7.08. The smallest absolute Gasteiger partial charge is 0.317 e. The van der Waals surface area contributed by atoms with Gasteiger partial charge in [0.25, 0.3) is 0 Å². The second-order valence-corrected chi connectivity index (χ2v) is 9.02. The van der Waals surface area contributed by atoms with E-state index in [0.29, 0.717) is 25.4 Å². The van der Waals surface area contributed by atoms with E-state index in [1.165, 1.54) is 4.31 Å². The van der Waals surface area contributed by atoms with Crippen molar-refractivity contribution in [2.24, 2.45) is 0 Å². The summed E-state index contributed by atoms with van der Waals surface area (Å²) >= 11 is 0. The van der Waals surface area contributed by atoms with Crippen LogP contribution in [0.5, 0.6) is 5.75 Å². The molecule has 28 heavy (non-hydrogen) atoms. The Kier molecular flexibility index (Phi) is 6.79. The molecule has 0 aliphatic carbocycles. The standard InChI is InChI=1S/C19H29N3O5S/c1-3-26-16-6-8-17(9-7-16)28(24,25)22-12-10-21(11-13-22)19(23)20-15(2)18-5-4-14-27-18/h6-9,15,18H,3-5,10-14H2,1-2H3,(H,20,23). The molecule has 156 valence electrons. The number of ether oxygens (including phenoxy) is 2. The Morgan fingerprint density at radius 3 is 2.50 bits per heavy atom. The Hall–Kier alpha value is -1.84. The Balaban J connectivity index is 1.54. The van der Waals surface area contributed by atoms with Crippen molar-refractivity contribution in [3.63, 3.8) is 0 Å². The van der Waals surface area contributed by atoms with Gasteiger partial charge < -0.3 is 19.7 Å². The lowest BCUT2D eigenvalue weighted by Gasteiger charge is -2.35. The van der Waals surface area contributed by atoms with Gasteiger partial charge in [0.1, 0.15) is 5.75 Å². The third-order valence-electron chi connectivity index (χ3n) is 5.17. The maximum atomic E-state index is 12.8. The number of sulfonamides is 1. The van der Waals surface area contributed by atoms with Crippen molar-refractivity contribution in [3.8, 4) is 5.75 Å². The van der Waals surface area contributed by atoms with Crippen LogP contribution >= 0.6 is 0 Å². The first-order valence-corrected chi connectivity index (χ1v) is 11.3. The molecule has 3 rings (SSSR count). The van der Waals surface area contributed by atoms with Crippen molar-refractivity contribution in [1.29, 1.82) is 0 Å². The highest BCUT2D eigenvalue weighted by molar-refractivity contribution is 7.89. The van der Waals surface area contributed by atoms with Gasteiger partial charge in [-0.1, -0.05) is 0 Å². The van der Waals surface area contributed by atoms with Crippen molar-refractivity contribution in [2.75, 3.05) is 39.4 Å². The zero-order valence-electron chi connectivity index (χ0n) is 16.5. The number of nitrogens with zero attached hydrogens (tertiary/aromatic N) is 2. The molecule has 0 spiro atoms. The molecule has 2 aliphatic heterocycles. The molecule has 2 heterocycles. The normalized spacial score (nSPS) is 22.1.